The fourth-order valence-electron chi connectivity index (χ4n) is 1.62. The van der Waals surface area contributed by atoms with Crippen LogP contribution in [0.2, 0.25) is 0 Å². The highest BCUT2D eigenvalue weighted by molar-refractivity contribution is 5.91. The molecule has 2 aliphatic rings. The SMILES string of the molecule is O=C(NC1(C(=O)O)CC1)[C@@H]1CCCO1. The van der Waals surface area contributed by atoms with E-state index in [1.54, 1.807) is 0 Å². The second-order valence-electron chi connectivity index (χ2n) is 3.88. The van der Waals surface area contributed by atoms with E-state index < -0.39 is 17.6 Å². The van der Waals surface area contributed by atoms with Crippen LogP contribution in [0.1, 0.15) is 25.7 Å². The predicted octanol–water partition coefficient (Wildman–Crippen LogP) is -0.101. The van der Waals surface area contributed by atoms with Gasteiger partial charge in [-0.25, -0.2) is 4.79 Å². The number of amides is 1. The molecule has 0 aromatic heterocycles. The normalized spacial score (nSPS) is 28.4. The minimum absolute atomic E-state index is 0.276. The van der Waals surface area contributed by atoms with Crippen molar-refractivity contribution in [2.24, 2.45) is 0 Å². The Kier molecular flexibility index (Phi) is 2.19. The highest BCUT2D eigenvalue weighted by atomic mass is 16.5. The zero-order valence-corrected chi connectivity index (χ0v) is 7.78. The molecule has 1 saturated heterocycles. The summed E-state index contributed by atoms with van der Waals surface area (Å²) in [5.41, 5.74) is -0.983. The van der Waals surface area contributed by atoms with Gasteiger partial charge in [-0.3, -0.25) is 4.79 Å². The lowest BCUT2D eigenvalue weighted by Gasteiger charge is -2.15. The lowest BCUT2D eigenvalue weighted by molar-refractivity contribution is -0.144. The third-order valence-corrected chi connectivity index (χ3v) is 2.74. The second-order valence-corrected chi connectivity index (χ2v) is 3.88. The van der Waals surface area contributed by atoms with Crippen molar-refractivity contribution in [1.82, 2.24) is 5.32 Å². The number of nitrogens with one attached hydrogen (secondary N) is 1. The first-order valence-electron chi connectivity index (χ1n) is 4.81. The Bertz CT molecular complexity index is 266. The molecule has 0 spiro atoms. The van der Waals surface area contributed by atoms with E-state index in [-0.39, 0.29) is 5.91 Å². The van der Waals surface area contributed by atoms with Gasteiger partial charge in [0.15, 0.2) is 0 Å². The van der Waals surface area contributed by atoms with Gasteiger partial charge in [0.2, 0.25) is 5.91 Å². The van der Waals surface area contributed by atoms with Gasteiger partial charge in [-0.15, -0.1) is 0 Å². The van der Waals surface area contributed by atoms with Crippen LogP contribution >= 0.6 is 0 Å². The molecule has 0 unspecified atom stereocenters. The summed E-state index contributed by atoms with van der Waals surface area (Å²) in [6.45, 7) is 0.595. The number of hydrogen-bond donors (Lipinski definition) is 2. The third-order valence-electron chi connectivity index (χ3n) is 2.74. The molecule has 0 bridgehead atoms. The van der Waals surface area contributed by atoms with E-state index in [4.69, 9.17) is 9.84 Å². The van der Waals surface area contributed by atoms with Gasteiger partial charge in [0, 0.05) is 6.61 Å². The summed E-state index contributed by atoms with van der Waals surface area (Å²) in [4.78, 5) is 22.3. The van der Waals surface area contributed by atoms with E-state index in [1.807, 2.05) is 0 Å². The molecule has 1 atom stereocenters. The van der Waals surface area contributed by atoms with Crippen molar-refractivity contribution in [2.75, 3.05) is 6.61 Å². The minimum atomic E-state index is -0.983. The second kappa shape index (κ2) is 3.24. The number of carbonyl (C=O) groups is 2. The maximum Gasteiger partial charge on any atom is 0.329 e. The van der Waals surface area contributed by atoms with E-state index in [1.165, 1.54) is 0 Å². The maximum atomic E-state index is 11.5. The van der Waals surface area contributed by atoms with Crippen LogP contribution in [0.25, 0.3) is 0 Å². The van der Waals surface area contributed by atoms with Crippen LogP contribution in [0, 0.1) is 0 Å². The predicted molar refractivity (Wildman–Crippen MR) is 46.7 cm³/mol. The van der Waals surface area contributed by atoms with E-state index in [0.29, 0.717) is 25.9 Å². The van der Waals surface area contributed by atoms with Crippen molar-refractivity contribution < 1.29 is 19.4 Å². The van der Waals surface area contributed by atoms with Crippen molar-refractivity contribution in [1.29, 1.82) is 0 Å². The Morgan fingerprint density at radius 3 is 2.57 bits per heavy atom. The number of hydrogen-bond acceptors (Lipinski definition) is 3. The van der Waals surface area contributed by atoms with E-state index in [9.17, 15) is 9.59 Å². The summed E-state index contributed by atoms with van der Waals surface area (Å²) >= 11 is 0. The van der Waals surface area contributed by atoms with Gasteiger partial charge in [-0.05, 0) is 25.7 Å². The first-order valence-corrected chi connectivity index (χ1v) is 4.81. The van der Waals surface area contributed by atoms with E-state index >= 15 is 0 Å². The Morgan fingerprint density at radius 1 is 1.43 bits per heavy atom. The van der Waals surface area contributed by atoms with Crippen LogP contribution in [0.5, 0.6) is 0 Å². The van der Waals surface area contributed by atoms with Crippen molar-refractivity contribution in [2.45, 2.75) is 37.3 Å². The molecule has 14 heavy (non-hydrogen) atoms. The summed E-state index contributed by atoms with van der Waals surface area (Å²) < 4.78 is 5.16. The molecule has 0 aromatic rings. The lowest BCUT2D eigenvalue weighted by atomic mass is 10.2. The van der Waals surface area contributed by atoms with Gasteiger partial charge in [0.25, 0.3) is 0 Å². The molecule has 78 valence electrons. The number of carboxylic acids is 1. The number of carbonyl (C=O) groups excluding carboxylic acids is 1. The standard InChI is InChI=1S/C9H13NO4/c11-7(6-2-1-5-14-6)10-9(3-4-9)8(12)13/h6H,1-5H2,(H,10,11)(H,12,13)/t6-/m0/s1. The quantitative estimate of drug-likeness (QED) is 0.665. The molecule has 1 aliphatic heterocycles. The smallest absolute Gasteiger partial charge is 0.329 e. The molecule has 2 N–H and O–H groups in total. The molecule has 1 amide bonds. The molecule has 1 aliphatic carbocycles. The molecule has 0 aromatic carbocycles. The molecule has 1 heterocycles. The zero-order valence-electron chi connectivity index (χ0n) is 7.78. The number of aliphatic carboxylic acids is 1. The summed E-state index contributed by atoms with van der Waals surface area (Å²) in [6, 6.07) is 0. The minimum Gasteiger partial charge on any atom is -0.480 e. The van der Waals surface area contributed by atoms with Crippen LogP contribution in [-0.4, -0.2) is 35.2 Å². The molecule has 5 nitrogen and oxygen atoms in total. The fraction of sp³-hybridized carbons (Fsp3) is 0.778. The number of rotatable bonds is 3. The molecular formula is C9H13NO4. The van der Waals surface area contributed by atoms with Gasteiger partial charge in [-0.2, -0.15) is 0 Å². The Labute approximate surface area is 81.4 Å². The molecular weight excluding hydrogens is 186 g/mol. The largest absolute Gasteiger partial charge is 0.480 e. The number of ether oxygens (including phenoxy) is 1. The monoisotopic (exact) mass is 199 g/mol. The van der Waals surface area contributed by atoms with Crippen molar-refractivity contribution in [3.05, 3.63) is 0 Å². The van der Waals surface area contributed by atoms with Crippen LogP contribution in [0.3, 0.4) is 0 Å². The van der Waals surface area contributed by atoms with Crippen molar-refractivity contribution in [3.8, 4) is 0 Å². The topological polar surface area (TPSA) is 75.6 Å². The van der Waals surface area contributed by atoms with Gasteiger partial charge in [-0.1, -0.05) is 0 Å². The van der Waals surface area contributed by atoms with Gasteiger partial charge in [0.1, 0.15) is 11.6 Å². The lowest BCUT2D eigenvalue weighted by Crippen LogP contribution is -2.47. The van der Waals surface area contributed by atoms with Crippen LogP contribution < -0.4 is 5.32 Å². The third kappa shape index (κ3) is 1.59. The highest BCUT2D eigenvalue weighted by Gasteiger charge is 2.52. The average Bonchev–Trinajstić information content (AvgIpc) is 2.74. The van der Waals surface area contributed by atoms with Crippen LogP contribution in [-0.2, 0) is 14.3 Å². The summed E-state index contributed by atoms with van der Waals surface area (Å²) in [6.07, 6.45) is 2.19. The maximum absolute atomic E-state index is 11.5. The molecule has 5 heteroatoms. The summed E-state index contributed by atoms with van der Waals surface area (Å²) in [5.74, 6) is -1.22. The Morgan fingerprint density at radius 2 is 2.14 bits per heavy atom. The fourth-order valence-corrected chi connectivity index (χ4v) is 1.62. The van der Waals surface area contributed by atoms with E-state index in [0.717, 1.165) is 6.42 Å². The van der Waals surface area contributed by atoms with Crippen LogP contribution in [0.15, 0.2) is 0 Å². The number of carboxylic acid groups (broad SMARTS) is 1. The molecule has 1 saturated carbocycles. The molecule has 2 fully saturated rings. The zero-order chi connectivity index (χ0) is 10.2. The first kappa shape index (κ1) is 9.45. The molecule has 2 rings (SSSR count). The van der Waals surface area contributed by atoms with Crippen molar-refractivity contribution in [3.63, 3.8) is 0 Å². The summed E-state index contributed by atoms with van der Waals surface area (Å²) in [5, 5.41) is 11.4. The van der Waals surface area contributed by atoms with Gasteiger partial charge >= 0.3 is 5.97 Å². The first-order chi connectivity index (χ1) is 6.64. The van der Waals surface area contributed by atoms with Gasteiger partial charge in [0.05, 0.1) is 0 Å². The van der Waals surface area contributed by atoms with Gasteiger partial charge < -0.3 is 15.2 Å². The molecule has 0 radical (unpaired) electrons. The average molecular weight is 199 g/mol. The van der Waals surface area contributed by atoms with E-state index in [2.05, 4.69) is 5.32 Å². The summed E-state index contributed by atoms with van der Waals surface area (Å²) in [7, 11) is 0. The highest BCUT2D eigenvalue weighted by Crippen LogP contribution is 2.35. The van der Waals surface area contributed by atoms with Crippen molar-refractivity contribution >= 4 is 11.9 Å². The van der Waals surface area contributed by atoms with Crippen LogP contribution in [0.4, 0.5) is 0 Å². The Balaban J connectivity index is 1.91. The Hall–Kier alpha value is -1.10.